The summed E-state index contributed by atoms with van der Waals surface area (Å²) in [5.74, 6) is -0.0658. The third-order valence-corrected chi connectivity index (χ3v) is 8.40. The Bertz CT molecular complexity index is 1620. The summed E-state index contributed by atoms with van der Waals surface area (Å²) in [4.78, 5) is 34.7. The molecule has 1 unspecified atom stereocenters. The van der Waals surface area contributed by atoms with Crippen molar-refractivity contribution < 1.29 is 13.6 Å². The van der Waals surface area contributed by atoms with Crippen LogP contribution in [0, 0.1) is 24.0 Å². The van der Waals surface area contributed by atoms with Gasteiger partial charge in [-0.1, -0.05) is 6.92 Å². The van der Waals surface area contributed by atoms with Gasteiger partial charge in [-0.3, -0.25) is 4.79 Å². The average Bonchev–Trinajstić information content (AvgIpc) is 3.66. The highest BCUT2D eigenvalue weighted by Gasteiger charge is 2.44. The van der Waals surface area contributed by atoms with E-state index >= 15 is 4.39 Å². The van der Waals surface area contributed by atoms with Gasteiger partial charge in [0.1, 0.15) is 22.9 Å². The number of hydrogen-bond acceptors (Lipinski definition) is 7. The summed E-state index contributed by atoms with van der Waals surface area (Å²) in [6.07, 6.45) is 4.74. The number of halogens is 2. The maximum Gasteiger partial charge on any atom is 0.255 e. The Kier molecular flexibility index (Phi) is 6.93. The maximum absolute atomic E-state index is 15.0. The number of likely N-dealkylation sites (tertiary alicyclic amines) is 2. The predicted molar refractivity (Wildman–Crippen MR) is 153 cm³/mol. The van der Waals surface area contributed by atoms with Crippen LogP contribution in [0.2, 0.25) is 0 Å². The van der Waals surface area contributed by atoms with Gasteiger partial charge in [0, 0.05) is 42.9 Å². The molecule has 0 aliphatic carbocycles. The van der Waals surface area contributed by atoms with Crippen LogP contribution in [0.15, 0.2) is 36.7 Å². The van der Waals surface area contributed by atoms with Gasteiger partial charge in [0.15, 0.2) is 11.6 Å². The van der Waals surface area contributed by atoms with Crippen LogP contribution in [0.4, 0.5) is 20.5 Å². The van der Waals surface area contributed by atoms with Crippen LogP contribution in [0.25, 0.3) is 22.3 Å². The van der Waals surface area contributed by atoms with E-state index in [1.165, 1.54) is 12.3 Å². The van der Waals surface area contributed by atoms with Gasteiger partial charge < -0.3 is 19.7 Å². The summed E-state index contributed by atoms with van der Waals surface area (Å²) >= 11 is 0. The number of carbonyl (C=O) groups excluding carboxylic acids is 1. The molecule has 6 rings (SSSR count). The van der Waals surface area contributed by atoms with E-state index in [0.29, 0.717) is 22.7 Å². The molecule has 1 spiro atoms. The van der Waals surface area contributed by atoms with Crippen LogP contribution >= 0.6 is 0 Å². The first-order valence-electron chi connectivity index (χ1n) is 14.1. The number of hydrogen-bond donors (Lipinski definition) is 1. The van der Waals surface area contributed by atoms with E-state index in [1.54, 1.807) is 18.2 Å². The monoisotopic (exact) mass is 560 g/mol. The zero-order chi connectivity index (χ0) is 28.9. The average molecular weight is 561 g/mol. The number of aromatic nitrogens is 5. The molecule has 4 aromatic rings. The summed E-state index contributed by atoms with van der Waals surface area (Å²) in [6, 6.07) is 6.37. The number of rotatable bonds is 6. The van der Waals surface area contributed by atoms with Crippen LogP contribution in [-0.2, 0) is 0 Å². The van der Waals surface area contributed by atoms with Crippen molar-refractivity contribution in [2.75, 3.05) is 38.0 Å². The van der Waals surface area contributed by atoms with Crippen LogP contribution < -0.4 is 5.32 Å². The number of carbonyl (C=O) groups is 1. The molecule has 214 valence electrons. The normalized spacial score (nSPS) is 19.2. The minimum atomic E-state index is -0.678. The third-order valence-electron chi connectivity index (χ3n) is 8.40. The number of pyridine rings is 1. The number of aryl methyl sites for hydroxylation is 1. The molecule has 1 N–H and O–H groups in total. The predicted octanol–water partition coefficient (Wildman–Crippen LogP) is 5.36. The van der Waals surface area contributed by atoms with Crippen LogP contribution in [-0.4, -0.2) is 72.9 Å². The second-order valence-electron chi connectivity index (χ2n) is 11.5. The van der Waals surface area contributed by atoms with Crippen molar-refractivity contribution in [3.8, 4) is 11.3 Å². The van der Waals surface area contributed by atoms with Gasteiger partial charge in [-0.05, 0) is 71.0 Å². The van der Waals surface area contributed by atoms with Crippen molar-refractivity contribution in [1.29, 1.82) is 0 Å². The molecule has 41 heavy (non-hydrogen) atoms. The largest absolute Gasteiger partial charge is 0.338 e. The lowest BCUT2D eigenvalue weighted by Gasteiger charge is -2.24. The van der Waals surface area contributed by atoms with Crippen molar-refractivity contribution in [2.45, 2.75) is 46.6 Å². The molecular weight excluding hydrogens is 526 g/mol. The fourth-order valence-corrected chi connectivity index (χ4v) is 6.32. The molecule has 1 aromatic carbocycles. The van der Waals surface area contributed by atoms with Crippen molar-refractivity contribution in [2.24, 2.45) is 5.41 Å². The molecule has 0 bridgehead atoms. The van der Waals surface area contributed by atoms with E-state index in [4.69, 9.17) is 0 Å². The van der Waals surface area contributed by atoms with E-state index in [0.717, 1.165) is 51.8 Å². The lowest BCUT2D eigenvalue weighted by Crippen LogP contribution is -2.34. The first-order chi connectivity index (χ1) is 19.7. The number of nitrogens with one attached hydrogen (secondary N) is 1. The van der Waals surface area contributed by atoms with Crippen LogP contribution in [0.1, 0.15) is 55.8 Å². The lowest BCUT2D eigenvalue weighted by molar-refractivity contribution is 0.0773. The molecule has 5 heterocycles. The van der Waals surface area contributed by atoms with Gasteiger partial charge in [0.05, 0.1) is 17.3 Å². The molecule has 0 saturated carbocycles. The third kappa shape index (κ3) is 5.03. The molecule has 2 saturated heterocycles. The van der Waals surface area contributed by atoms with Crippen LogP contribution in [0.5, 0.6) is 0 Å². The maximum atomic E-state index is 15.0. The smallest absolute Gasteiger partial charge is 0.255 e. The van der Waals surface area contributed by atoms with E-state index < -0.39 is 11.6 Å². The van der Waals surface area contributed by atoms with E-state index in [1.807, 2.05) is 30.2 Å². The Labute approximate surface area is 237 Å². The highest BCUT2D eigenvalue weighted by molar-refractivity contribution is 5.94. The lowest BCUT2D eigenvalue weighted by atomic mass is 9.86. The first kappa shape index (κ1) is 27.2. The molecule has 3 aromatic heterocycles. The molecule has 2 fully saturated rings. The topological polar surface area (TPSA) is 92.1 Å². The number of fused-ring (bicyclic) bond motifs is 1. The van der Waals surface area contributed by atoms with Gasteiger partial charge in [-0.15, -0.1) is 0 Å². The summed E-state index contributed by atoms with van der Waals surface area (Å²) < 4.78 is 31.8. The fraction of sp³-hybridized carbons (Fsp3) is 0.433. The van der Waals surface area contributed by atoms with Crippen LogP contribution in [0.3, 0.4) is 0 Å². The molecule has 1 amide bonds. The zero-order valence-electron chi connectivity index (χ0n) is 23.8. The molecule has 1 atom stereocenters. The quantitative estimate of drug-likeness (QED) is 0.340. The highest BCUT2D eigenvalue weighted by atomic mass is 19.1. The molecule has 2 aliphatic heterocycles. The summed E-state index contributed by atoms with van der Waals surface area (Å²) in [5, 5.41) is 2.97. The Morgan fingerprint density at radius 1 is 1.05 bits per heavy atom. The number of benzene rings is 1. The van der Waals surface area contributed by atoms with Crippen molar-refractivity contribution in [3.05, 3.63) is 59.7 Å². The van der Waals surface area contributed by atoms with Gasteiger partial charge in [-0.2, -0.15) is 0 Å². The van der Waals surface area contributed by atoms with E-state index in [9.17, 15) is 9.18 Å². The Morgan fingerprint density at radius 3 is 2.56 bits per heavy atom. The number of anilines is 2. The number of imidazole rings is 1. The van der Waals surface area contributed by atoms with Gasteiger partial charge in [0.2, 0.25) is 5.95 Å². The van der Waals surface area contributed by atoms with Crippen molar-refractivity contribution >= 4 is 28.7 Å². The molecule has 0 radical (unpaired) electrons. The summed E-state index contributed by atoms with van der Waals surface area (Å²) in [7, 11) is 0. The second-order valence-corrected chi connectivity index (χ2v) is 11.5. The summed E-state index contributed by atoms with van der Waals surface area (Å²) in [5.41, 5.74) is 1.77. The Balaban J connectivity index is 1.19. The fourth-order valence-electron chi connectivity index (χ4n) is 6.32. The molecule has 2 aliphatic rings. The van der Waals surface area contributed by atoms with E-state index in [2.05, 4.69) is 37.1 Å². The molecule has 9 nitrogen and oxygen atoms in total. The highest BCUT2D eigenvalue weighted by Crippen LogP contribution is 2.39. The van der Waals surface area contributed by atoms with E-state index in [-0.39, 0.29) is 40.1 Å². The van der Waals surface area contributed by atoms with Crippen molar-refractivity contribution in [1.82, 2.24) is 34.3 Å². The van der Waals surface area contributed by atoms with Gasteiger partial charge >= 0.3 is 0 Å². The SMILES string of the molecule is CCN1CCC2(CCN(C(=O)c3ccc(Nc4ncc(F)c(-c5cc(F)c6nc(C)n(C(C)C)c6c5)n4)nc3)C2)C1. The Morgan fingerprint density at radius 2 is 1.85 bits per heavy atom. The minimum Gasteiger partial charge on any atom is -0.338 e. The summed E-state index contributed by atoms with van der Waals surface area (Å²) in [6.45, 7) is 12.7. The standard InChI is InChI=1S/C30H34F2N8O/c1-5-38-10-8-30(16-38)9-11-39(17-30)28(41)20-6-7-25(33-14-20)36-29-34-15-23(32)26(37-29)21-12-22(31)27-24(13-21)40(18(2)3)19(4)35-27/h6-7,12-15,18H,5,8-11,16-17H2,1-4H3,(H,33,34,36,37). The number of amides is 1. The zero-order valence-corrected chi connectivity index (χ0v) is 23.8. The molecule has 11 heteroatoms. The minimum absolute atomic E-state index is 0.0236. The molecular formula is C30H34F2N8O. The van der Waals surface area contributed by atoms with Gasteiger partial charge in [-0.25, -0.2) is 28.7 Å². The van der Waals surface area contributed by atoms with Gasteiger partial charge in [0.25, 0.3) is 5.91 Å². The first-order valence-corrected chi connectivity index (χ1v) is 14.1. The number of nitrogens with zero attached hydrogens (tertiary/aromatic N) is 7. The van der Waals surface area contributed by atoms with Crippen molar-refractivity contribution in [3.63, 3.8) is 0 Å². The Hall–Kier alpha value is -3.99. The second kappa shape index (κ2) is 10.4.